The van der Waals surface area contributed by atoms with E-state index in [2.05, 4.69) is 17.0 Å². The van der Waals surface area contributed by atoms with Crippen LogP contribution in [-0.4, -0.2) is 20.5 Å². The van der Waals surface area contributed by atoms with E-state index in [1.54, 1.807) is 19.1 Å². The Morgan fingerprint density at radius 2 is 2.00 bits per heavy atom. The lowest BCUT2D eigenvalue weighted by molar-refractivity contribution is 0.269. The van der Waals surface area contributed by atoms with Gasteiger partial charge in [-0.05, 0) is 43.9 Å². The van der Waals surface area contributed by atoms with Crippen molar-refractivity contribution in [3.63, 3.8) is 0 Å². The molecule has 6 heteroatoms. The van der Waals surface area contributed by atoms with Gasteiger partial charge in [0.2, 0.25) is 10.0 Å². The third kappa shape index (κ3) is 2.91. The van der Waals surface area contributed by atoms with E-state index in [0.717, 1.165) is 19.3 Å². The highest BCUT2D eigenvalue weighted by atomic mass is 32.2. The van der Waals surface area contributed by atoms with E-state index in [9.17, 15) is 8.42 Å². The maximum atomic E-state index is 12.0. The van der Waals surface area contributed by atoms with Gasteiger partial charge in [-0.1, -0.05) is 13.8 Å². The van der Waals surface area contributed by atoms with Crippen LogP contribution in [0, 0.1) is 0 Å². The Balaban J connectivity index is 2.30. The normalized spacial score (nSPS) is 17.5. The monoisotopic (exact) mass is 297 g/mol. The standard InChI is InChI=1S/C14H23N3O2S/c1-3-14(8-5-9-14)17-13-10-11(6-7-12(13)15)20(18,19)16-4-2/h6-7,10,16-17H,3-5,8-9,15H2,1-2H3. The van der Waals surface area contributed by atoms with Crippen LogP contribution in [0.25, 0.3) is 0 Å². The Hall–Kier alpha value is -1.27. The number of nitrogens with two attached hydrogens (primary N) is 1. The fraction of sp³-hybridized carbons (Fsp3) is 0.571. The Morgan fingerprint density at radius 1 is 1.30 bits per heavy atom. The first-order chi connectivity index (χ1) is 9.42. The van der Waals surface area contributed by atoms with Gasteiger partial charge in [0.15, 0.2) is 0 Å². The third-order valence-electron chi connectivity index (χ3n) is 4.06. The van der Waals surface area contributed by atoms with Crippen molar-refractivity contribution >= 4 is 21.4 Å². The first-order valence-electron chi connectivity index (χ1n) is 7.10. The molecule has 0 aliphatic heterocycles. The highest BCUT2D eigenvalue weighted by Crippen LogP contribution is 2.39. The van der Waals surface area contributed by atoms with Crippen LogP contribution in [0.3, 0.4) is 0 Å². The number of hydrogen-bond acceptors (Lipinski definition) is 4. The molecule has 0 amide bonds. The van der Waals surface area contributed by atoms with Gasteiger partial charge < -0.3 is 11.1 Å². The molecule has 1 saturated carbocycles. The molecule has 4 N–H and O–H groups in total. The number of sulfonamides is 1. The summed E-state index contributed by atoms with van der Waals surface area (Å²) in [4.78, 5) is 0.252. The van der Waals surface area contributed by atoms with E-state index in [0.29, 0.717) is 17.9 Å². The third-order valence-corrected chi connectivity index (χ3v) is 5.60. The number of benzene rings is 1. The second-order valence-electron chi connectivity index (χ2n) is 5.36. The quantitative estimate of drug-likeness (QED) is 0.704. The predicted molar refractivity (Wildman–Crippen MR) is 82.2 cm³/mol. The highest BCUT2D eigenvalue weighted by Gasteiger charge is 2.35. The average Bonchev–Trinajstić information content (AvgIpc) is 2.35. The zero-order valence-corrected chi connectivity index (χ0v) is 12.9. The summed E-state index contributed by atoms with van der Waals surface area (Å²) in [5.74, 6) is 0. The predicted octanol–water partition coefficient (Wildman–Crippen LogP) is 2.31. The van der Waals surface area contributed by atoms with Gasteiger partial charge in [-0.2, -0.15) is 0 Å². The van der Waals surface area contributed by atoms with E-state index in [-0.39, 0.29) is 10.4 Å². The van der Waals surface area contributed by atoms with Gasteiger partial charge in [0.25, 0.3) is 0 Å². The summed E-state index contributed by atoms with van der Waals surface area (Å²) in [6.45, 7) is 4.27. The first-order valence-corrected chi connectivity index (χ1v) is 8.58. The molecule has 0 aromatic heterocycles. The molecule has 5 nitrogen and oxygen atoms in total. The van der Waals surface area contributed by atoms with Gasteiger partial charge in [0.05, 0.1) is 16.3 Å². The molecule has 1 aromatic carbocycles. The maximum Gasteiger partial charge on any atom is 0.240 e. The Kier molecular flexibility index (Phi) is 4.25. The van der Waals surface area contributed by atoms with Crippen LogP contribution in [-0.2, 0) is 10.0 Å². The second kappa shape index (κ2) is 5.61. The molecule has 0 unspecified atom stereocenters. The maximum absolute atomic E-state index is 12.0. The summed E-state index contributed by atoms with van der Waals surface area (Å²) in [6.07, 6.45) is 4.42. The molecular weight excluding hydrogens is 274 g/mol. The van der Waals surface area contributed by atoms with Gasteiger partial charge in [0.1, 0.15) is 0 Å². The average molecular weight is 297 g/mol. The number of hydrogen-bond donors (Lipinski definition) is 3. The minimum Gasteiger partial charge on any atom is -0.397 e. The van der Waals surface area contributed by atoms with Crippen molar-refractivity contribution in [2.75, 3.05) is 17.6 Å². The van der Waals surface area contributed by atoms with Gasteiger partial charge in [-0.25, -0.2) is 13.1 Å². The van der Waals surface area contributed by atoms with Crippen molar-refractivity contribution in [3.05, 3.63) is 18.2 Å². The largest absolute Gasteiger partial charge is 0.397 e. The minimum absolute atomic E-state index is 0.0781. The fourth-order valence-corrected chi connectivity index (χ4v) is 3.61. The molecular formula is C14H23N3O2S. The van der Waals surface area contributed by atoms with E-state index < -0.39 is 10.0 Å². The van der Waals surface area contributed by atoms with Crippen molar-refractivity contribution in [1.29, 1.82) is 0 Å². The van der Waals surface area contributed by atoms with Gasteiger partial charge in [0, 0.05) is 12.1 Å². The van der Waals surface area contributed by atoms with Crippen LogP contribution in [0.1, 0.15) is 39.5 Å². The number of nitrogen functional groups attached to an aromatic ring is 1. The van der Waals surface area contributed by atoms with Crippen molar-refractivity contribution in [2.24, 2.45) is 0 Å². The molecule has 1 fully saturated rings. The lowest BCUT2D eigenvalue weighted by Crippen LogP contribution is -2.44. The highest BCUT2D eigenvalue weighted by molar-refractivity contribution is 7.89. The van der Waals surface area contributed by atoms with Crippen molar-refractivity contribution in [3.8, 4) is 0 Å². The summed E-state index contributed by atoms with van der Waals surface area (Å²) < 4.78 is 26.6. The summed E-state index contributed by atoms with van der Waals surface area (Å²) in [5, 5.41) is 3.45. The van der Waals surface area contributed by atoms with Crippen molar-refractivity contribution in [2.45, 2.75) is 50.0 Å². The number of rotatable bonds is 6. The summed E-state index contributed by atoms with van der Waals surface area (Å²) in [5.41, 5.74) is 7.34. The number of anilines is 2. The SMILES string of the molecule is CCNS(=O)(=O)c1ccc(N)c(NC2(CC)CCC2)c1. The van der Waals surface area contributed by atoms with Crippen LogP contribution < -0.4 is 15.8 Å². The molecule has 0 atom stereocenters. The number of nitrogens with one attached hydrogen (secondary N) is 2. The molecule has 20 heavy (non-hydrogen) atoms. The molecule has 0 spiro atoms. The summed E-state index contributed by atoms with van der Waals surface area (Å²) in [7, 11) is -3.45. The van der Waals surface area contributed by atoms with Crippen LogP contribution in [0.15, 0.2) is 23.1 Å². The lowest BCUT2D eigenvalue weighted by atomic mass is 9.74. The molecule has 112 valence electrons. The van der Waals surface area contributed by atoms with Crippen LogP contribution in [0.2, 0.25) is 0 Å². The van der Waals surface area contributed by atoms with Crippen molar-refractivity contribution < 1.29 is 8.42 Å². The molecule has 0 heterocycles. The Morgan fingerprint density at radius 3 is 2.50 bits per heavy atom. The van der Waals surface area contributed by atoms with Crippen molar-refractivity contribution in [1.82, 2.24) is 4.72 Å². The Bertz CT molecular complexity index is 575. The van der Waals surface area contributed by atoms with Gasteiger partial charge >= 0.3 is 0 Å². The van der Waals surface area contributed by atoms with Gasteiger partial charge in [-0.15, -0.1) is 0 Å². The molecule has 2 rings (SSSR count). The molecule has 1 aliphatic rings. The summed E-state index contributed by atoms with van der Waals surface area (Å²) >= 11 is 0. The molecule has 1 aromatic rings. The topological polar surface area (TPSA) is 84.2 Å². The van der Waals surface area contributed by atoms with Gasteiger partial charge in [-0.3, -0.25) is 0 Å². The first kappa shape index (κ1) is 15.1. The van der Waals surface area contributed by atoms with Crippen LogP contribution >= 0.6 is 0 Å². The lowest BCUT2D eigenvalue weighted by Gasteiger charge is -2.43. The zero-order chi connectivity index (χ0) is 14.8. The Labute approximate surface area is 121 Å². The van der Waals surface area contributed by atoms with E-state index in [1.807, 2.05) is 0 Å². The molecule has 0 radical (unpaired) electrons. The fourth-order valence-electron chi connectivity index (χ4n) is 2.54. The molecule has 0 saturated heterocycles. The van der Waals surface area contributed by atoms with Crippen LogP contribution in [0.4, 0.5) is 11.4 Å². The molecule has 0 bridgehead atoms. The minimum atomic E-state index is -3.45. The molecule has 1 aliphatic carbocycles. The van der Waals surface area contributed by atoms with Crippen LogP contribution in [0.5, 0.6) is 0 Å². The van der Waals surface area contributed by atoms with E-state index in [1.165, 1.54) is 12.5 Å². The second-order valence-corrected chi connectivity index (χ2v) is 7.13. The van der Waals surface area contributed by atoms with E-state index >= 15 is 0 Å². The zero-order valence-electron chi connectivity index (χ0n) is 12.1. The smallest absolute Gasteiger partial charge is 0.240 e. The summed E-state index contributed by atoms with van der Waals surface area (Å²) in [6, 6.07) is 4.82. The van der Waals surface area contributed by atoms with E-state index in [4.69, 9.17) is 5.73 Å².